The van der Waals surface area contributed by atoms with E-state index in [1.165, 1.54) is 0 Å². The van der Waals surface area contributed by atoms with Crippen molar-refractivity contribution in [3.05, 3.63) is 23.5 Å². The molecule has 1 atom stereocenters. The number of carbonyl (C=O) groups is 1. The Labute approximate surface area is 106 Å². The number of primary amides is 1. The van der Waals surface area contributed by atoms with Crippen LogP contribution in [0, 0.1) is 0 Å². The Bertz CT molecular complexity index is 485. The summed E-state index contributed by atoms with van der Waals surface area (Å²) in [6, 6.07) is 0.703. The van der Waals surface area contributed by atoms with Crippen molar-refractivity contribution >= 4 is 6.09 Å². The highest BCUT2D eigenvalue weighted by molar-refractivity contribution is 5.68. The van der Waals surface area contributed by atoms with E-state index in [4.69, 9.17) is 10.5 Å². The molecular formula is C11H11F3N2O3. The van der Waals surface area contributed by atoms with Crippen molar-refractivity contribution in [2.24, 2.45) is 5.73 Å². The molecule has 0 aliphatic carbocycles. The third kappa shape index (κ3) is 3.14. The lowest BCUT2D eigenvalue weighted by Gasteiger charge is -2.16. The first kappa shape index (κ1) is 13.6. The van der Waals surface area contributed by atoms with Gasteiger partial charge in [-0.2, -0.15) is 13.2 Å². The molecule has 1 aliphatic rings. The topological polar surface area (TPSA) is 74.4 Å². The van der Waals surface area contributed by atoms with Gasteiger partial charge in [0, 0.05) is 6.61 Å². The summed E-state index contributed by atoms with van der Waals surface area (Å²) in [6.45, 7) is 0.406. The molecule has 19 heavy (non-hydrogen) atoms. The second kappa shape index (κ2) is 5.04. The zero-order chi connectivity index (χ0) is 14.0. The molecule has 1 amide bonds. The zero-order valence-corrected chi connectivity index (χ0v) is 9.74. The number of aromatic nitrogens is 1. The zero-order valence-electron chi connectivity index (χ0n) is 9.74. The van der Waals surface area contributed by atoms with Crippen LogP contribution in [-0.4, -0.2) is 17.7 Å². The van der Waals surface area contributed by atoms with Crippen molar-refractivity contribution in [2.45, 2.75) is 25.1 Å². The van der Waals surface area contributed by atoms with E-state index in [1.807, 2.05) is 0 Å². The Kier molecular flexibility index (Phi) is 3.61. The summed E-state index contributed by atoms with van der Waals surface area (Å²) in [6.07, 6.45) is -4.29. The van der Waals surface area contributed by atoms with Crippen LogP contribution in [0.3, 0.4) is 0 Å². The standard InChI is InChI=1S/C11H11F3N2O3/c12-11(13,14)7-4-6(19-10(15)17)5-16-9(7)8-2-1-3-18-8/h4-5,8H,1-3H2,(H2,15,17). The van der Waals surface area contributed by atoms with Gasteiger partial charge in [0.25, 0.3) is 0 Å². The number of hydrogen-bond donors (Lipinski definition) is 1. The van der Waals surface area contributed by atoms with Crippen LogP contribution in [0.15, 0.2) is 12.3 Å². The second-order valence-corrected chi connectivity index (χ2v) is 4.02. The van der Waals surface area contributed by atoms with Crippen LogP contribution >= 0.6 is 0 Å². The largest absolute Gasteiger partial charge is 0.418 e. The Balaban J connectivity index is 2.39. The van der Waals surface area contributed by atoms with E-state index in [0.29, 0.717) is 25.5 Å². The van der Waals surface area contributed by atoms with Gasteiger partial charge in [-0.1, -0.05) is 0 Å². The number of hydrogen-bond acceptors (Lipinski definition) is 4. The molecule has 0 spiro atoms. The van der Waals surface area contributed by atoms with Crippen molar-refractivity contribution in [1.29, 1.82) is 0 Å². The SMILES string of the molecule is NC(=O)Oc1cnc(C2CCCO2)c(C(F)(F)F)c1. The van der Waals surface area contributed by atoms with E-state index in [2.05, 4.69) is 9.72 Å². The van der Waals surface area contributed by atoms with Crippen molar-refractivity contribution < 1.29 is 27.4 Å². The lowest BCUT2D eigenvalue weighted by molar-refractivity contribution is -0.139. The molecule has 2 heterocycles. The van der Waals surface area contributed by atoms with Crippen LogP contribution < -0.4 is 10.5 Å². The van der Waals surface area contributed by atoms with E-state index in [-0.39, 0.29) is 11.4 Å². The van der Waals surface area contributed by atoms with Gasteiger partial charge in [0.05, 0.1) is 17.5 Å². The number of ether oxygens (including phenoxy) is 2. The molecular weight excluding hydrogens is 265 g/mol. The van der Waals surface area contributed by atoms with Gasteiger partial charge in [-0.3, -0.25) is 4.98 Å². The third-order valence-corrected chi connectivity index (χ3v) is 2.65. The summed E-state index contributed by atoms with van der Waals surface area (Å²) in [5.41, 5.74) is 3.58. The molecule has 2 rings (SSSR count). The molecule has 0 aromatic carbocycles. The highest BCUT2D eigenvalue weighted by Gasteiger charge is 2.38. The first-order valence-corrected chi connectivity index (χ1v) is 5.54. The Hall–Kier alpha value is -1.83. The summed E-state index contributed by atoms with van der Waals surface area (Å²) in [5.74, 6) is -0.346. The van der Waals surface area contributed by atoms with E-state index >= 15 is 0 Å². The minimum atomic E-state index is -4.61. The summed E-state index contributed by atoms with van der Waals surface area (Å²) in [7, 11) is 0. The Morgan fingerprint density at radius 2 is 2.26 bits per heavy atom. The molecule has 8 heteroatoms. The fourth-order valence-corrected chi connectivity index (χ4v) is 1.91. The van der Waals surface area contributed by atoms with Crippen LogP contribution in [0.4, 0.5) is 18.0 Å². The molecule has 1 saturated heterocycles. The van der Waals surface area contributed by atoms with Gasteiger partial charge in [0.1, 0.15) is 6.10 Å². The first-order chi connectivity index (χ1) is 8.88. The van der Waals surface area contributed by atoms with E-state index in [9.17, 15) is 18.0 Å². The third-order valence-electron chi connectivity index (χ3n) is 2.65. The summed E-state index contributed by atoms with van der Waals surface area (Å²) in [4.78, 5) is 14.2. The Morgan fingerprint density at radius 1 is 1.53 bits per heavy atom. The number of alkyl halides is 3. The second-order valence-electron chi connectivity index (χ2n) is 4.02. The fraction of sp³-hybridized carbons (Fsp3) is 0.455. The molecule has 1 fully saturated rings. The quantitative estimate of drug-likeness (QED) is 0.900. The lowest BCUT2D eigenvalue weighted by atomic mass is 10.1. The predicted molar refractivity (Wildman–Crippen MR) is 57.4 cm³/mol. The predicted octanol–water partition coefficient (Wildman–Crippen LogP) is 2.41. The van der Waals surface area contributed by atoms with Gasteiger partial charge in [-0.15, -0.1) is 0 Å². The van der Waals surface area contributed by atoms with Crippen LogP contribution in [0.2, 0.25) is 0 Å². The molecule has 1 aromatic rings. The molecule has 1 aromatic heterocycles. The molecule has 1 aliphatic heterocycles. The number of nitrogens with zero attached hydrogens (tertiary/aromatic N) is 1. The monoisotopic (exact) mass is 276 g/mol. The summed E-state index contributed by atoms with van der Waals surface area (Å²) < 4.78 is 48.5. The molecule has 5 nitrogen and oxygen atoms in total. The number of nitrogens with two attached hydrogens (primary N) is 1. The normalized spacial score (nSPS) is 19.4. The maximum atomic E-state index is 13.0. The molecule has 0 radical (unpaired) electrons. The smallest absolute Gasteiger partial charge is 0.409 e. The number of amides is 1. The van der Waals surface area contributed by atoms with Crippen molar-refractivity contribution in [3.63, 3.8) is 0 Å². The average molecular weight is 276 g/mol. The van der Waals surface area contributed by atoms with E-state index in [0.717, 1.165) is 6.20 Å². The number of halogens is 3. The molecule has 0 saturated carbocycles. The van der Waals surface area contributed by atoms with Crippen molar-refractivity contribution in [3.8, 4) is 5.75 Å². The molecule has 1 unspecified atom stereocenters. The molecule has 2 N–H and O–H groups in total. The van der Waals surface area contributed by atoms with Gasteiger partial charge >= 0.3 is 12.3 Å². The molecule has 104 valence electrons. The highest BCUT2D eigenvalue weighted by Crippen LogP contribution is 2.39. The van der Waals surface area contributed by atoms with Gasteiger partial charge in [-0.25, -0.2) is 4.79 Å². The number of pyridine rings is 1. The van der Waals surface area contributed by atoms with E-state index < -0.39 is 23.9 Å². The van der Waals surface area contributed by atoms with Gasteiger partial charge < -0.3 is 15.2 Å². The average Bonchev–Trinajstić information content (AvgIpc) is 2.80. The highest BCUT2D eigenvalue weighted by atomic mass is 19.4. The summed E-state index contributed by atoms with van der Waals surface area (Å²) >= 11 is 0. The Morgan fingerprint density at radius 3 is 2.79 bits per heavy atom. The number of carbonyl (C=O) groups excluding carboxylic acids is 1. The van der Waals surface area contributed by atoms with Crippen LogP contribution in [0.1, 0.15) is 30.2 Å². The fourth-order valence-electron chi connectivity index (χ4n) is 1.91. The van der Waals surface area contributed by atoms with Crippen LogP contribution in [0.25, 0.3) is 0 Å². The van der Waals surface area contributed by atoms with Gasteiger partial charge in [-0.05, 0) is 18.9 Å². The van der Waals surface area contributed by atoms with Gasteiger partial charge in [0.2, 0.25) is 0 Å². The summed E-state index contributed by atoms with van der Waals surface area (Å²) in [5, 5.41) is 0. The minimum absolute atomic E-state index is 0.193. The maximum Gasteiger partial charge on any atom is 0.418 e. The van der Waals surface area contributed by atoms with Crippen molar-refractivity contribution in [1.82, 2.24) is 4.98 Å². The van der Waals surface area contributed by atoms with E-state index in [1.54, 1.807) is 0 Å². The van der Waals surface area contributed by atoms with Crippen LogP contribution in [-0.2, 0) is 10.9 Å². The maximum absolute atomic E-state index is 13.0. The lowest BCUT2D eigenvalue weighted by Crippen LogP contribution is -2.18. The molecule has 0 bridgehead atoms. The number of rotatable bonds is 2. The van der Waals surface area contributed by atoms with Gasteiger partial charge in [0.15, 0.2) is 5.75 Å². The van der Waals surface area contributed by atoms with Crippen molar-refractivity contribution in [2.75, 3.05) is 6.61 Å². The minimum Gasteiger partial charge on any atom is -0.409 e. The first-order valence-electron chi connectivity index (χ1n) is 5.54. The van der Waals surface area contributed by atoms with Crippen LogP contribution in [0.5, 0.6) is 5.75 Å².